The lowest BCUT2D eigenvalue weighted by Crippen LogP contribution is -2.64. The largest absolute Gasteiger partial charge is 0.335 e. The van der Waals surface area contributed by atoms with Crippen molar-refractivity contribution >= 4 is 35.9 Å². The van der Waals surface area contributed by atoms with E-state index in [0.29, 0.717) is 18.5 Å². The smallest absolute Gasteiger partial charge is 0.320 e. The maximum absolute atomic E-state index is 14.1. The molecule has 1 aromatic rings. The van der Waals surface area contributed by atoms with Crippen LogP contribution in [0.2, 0.25) is 5.02 Å². The molecular formula is C30H47Cl2N5O2. The summed E-state index contributed by atoms with van der Waals surface area (Å²) in [4.78, 5) is 34.4. The van der Waals surface area contributed by atoms with Crippen LogP contribution in [-0.2, 0) is 11.2 Å². The molecule has 7 nitrogen and oxygen atoms in total. The summed E-state index contributed by atoms with van der Waals surface area (Å²) in [5, 5.41) is 7.69. The van der Waals surface area contributed by atoms with Crippen LogP contribution in [0.1, 0.15) is 77.2 Å². The molecule has 2 unspecified atom stereocenters. The Balaban J connectivity index is 0.00000353. The van der Waals surface area contributed by atoms with Gasteiger partial charge in [-0.05, 0) is 76.5 Å². The van der Waals surface area contributed by atoms with Crippen LogP contribution in [0.3, 0.4) is 0 Å². The van der Waals surface area contributed by atoms with Crippen molar-refractivity contribution in [2.24, 2.45) is 0 Å². The fourth-order valence-corrected chi connectivity index (χ4v) is 7.43. The second-order valence-corrected chi connectivity index (χ2v) is 12.3. The highest BCUT2D eigenvalue weighted by Crippen LogP contribution is 2.40. The van der Waals surface area contributed by atoms with Crippen LogP contribution < -0.4 is 10.6 Å². The van der Waals surface area contributed by atoms with Crippen molar-refractivity contribution in [3.05, 3.63) is 34.9 Å². The van der Waals surface area contributed by atoms with Crippen molar-refractivity contribution in [1.29, 1.82) is 0 Å². The Morgan fingerprint density at radius 3 is 2.13 bits per heavy atom. The number of urea groups is 1. The first-order chi connectivity index (χ1) is 18.5. The molecule has 3 heterocycles. The van der Waals surface area contributed by atoms with Gasteiger partial charge in [-0.15, -0.1) is 12.4 Å². The number of nitrogens with one attached hydrogen (secondary N) is 2. The summed E-state index contributed by atoms with van der Waals surface area (Å²) >= 11 is 6.12. The molecule has 5 rings (SSSR count). The Kier molecular flexibility index (Phi) is 10.8. The maximum Gasteiger partial charge on any atom is 0.320 e. The standard InChI is InChI=1S/C30H46ClN5O2.ClH/c1-3-34(4-2)30(38)36(24-8-6-5-7-9-24)27-17-25-14-15-26(18-27)35(25)29(37)28(33-23-19-32-20-23)16-21-10-12-22(31)13-11-21;/h10-13,23-28,32-33H,3-9,14-20H2,1-2H3;1H/t25?,26?,27?,28-;/m1./s1. The van der Waals surface area contributed by atoms with E-state index in [2.05, 4.69) is 34.3 Å². The van der Waals surface area contributed by atoms with Gasteiger partial charge in [-0.25, -0.2) is 4.79 Å². The summed E-state index contributed by atoms with van der Waals surface area (Å²) in [5.41, 5.74) is 1.13. The zero-order valence-electron chi connectivity index (χ0n) is 23.6. The van der Waals surface area contributed by atoms with E-state index in [4.69, 9.17) is 11.6 Å². The number of halogens is 2. The monoisotopic (exact) mass is 579 g/mol. The van der Waals surface area contributed by atoms with Gasteiger partial charge < -0.3 is 25.3 Å². The van der Waals surface area contributed by atoms with E-state index in [0.717, 1.165) is 75.3 Å². The molecule has 2 N–H and O–H groups in total. The third kappa shape index (κ3) is 6.86. The molecule has 2 bridgehead atoms. The van der Waals surface area contributed by atoms with Crippen molar-refractivity contribution in [1.82, 2.24) is 25.3 Å². The lowest BCUT2D eigenvalue weighted by Gasteiger charge is -2.48. The number of piperidine rings is 1. The van der Waals surface area contributed by atoms with Gasteiger partial charge in [0, 0.05) is 61.4 Å². The number of carbonyl (C=O) groups excluding carboxylic acids is 2. The molecule has 0 aromatic heterocycles. The van der Waals surface area contributed by atoms with Crippen LogP contribution in [0.5, 0.6) is 0 Å². The van der Waals surface area contributed by atoms with Crippen LogP contribution in [-0.4, -0.2) is 89.1 Å². The van der Waals surface area contributed by atoms with Crippen LogP contribution >= 0.6 is 24.0 Å². The summed E-state index contributed by atoms with van der Waals surface area (Å²) in [6.45, 7) is 7.47. The number of benzene rings is 1. The SMILES string of the molecule is CCN(CC)C(=O)N(C1CCCCC1)C1CC2CCC(C1)N2C(=O)[C@@H](Cc1ccc(Cl)cc1)NC1CNC1.Cl. The number of hydrogen-bond donors (Lipinski definition) is 2. The van der Waals surface area contributed by atoms with Gasteiger partial charge in [0.05, 0.1) is 6.04 Å². The third-order valence-electron chi connectivity index (χ3n) is 9.45. The minimum atomic E-state index is -0.241. The molecule has 1 saturated carbocycles. The van der Waals surface area contributed by atoms with E-state index in [-0.39, 0.29) is 48.5 Å². The number of fused-ring (bicyclic) bond motifs is 2. The lowest BCUT2D eigenvalue weighted by atomic mass is 9.89. The maximum atomic E-state index is 14.1. The van der Waals surface area contributed by atoms with Crippen molar-refractivity contribution in [2.45, 2.75) is 114 Å². The first-order valence-corrected chi connectivity index (χ1v) is 15.5. The molecule has 4 fully saturated rings. The number of amides is 3. The zero-order chi connectivity index (χ0) is 26.6. The Labute approximate surface area is 245 Å². The van der Waals surface area contributed by atoms with Gasteiger partial charge in [0.2, 0.25) is 5.91 Å². The van der Waals surface area contributed by atoms with E-state index >= 15 is 0 Å². The first-order valence-electron chi connectivity index (χ1n) is 15.1. The minimum Gasteiger partial charge on any atom is -0.335 e. The molecular weight excluding hydrogens is 533 g/mol. The summed E-state index contributed by atoms with van der Waals surface area (Å²) < 4.78 is 0. The molecule has 218 valence electrons. The van der Waals surface area contributed by atoms with Crippen molar-refractivity contribution in [2.75, 3.05) is 26.2 Å². The average Bonchev–Trinajstić information content (AvgIpc) is 3.17. The minimum absolute atomic E-state index is 0. The molecule has 3 aliphatic heterocycles. The highest BCUT2D eigenvalue weighted by molar-refractivity contribution is 6.30. The molecule has 1 aromatic carbocycles. The van der Waals surface area contributed by atoms with Crippen molar-refractivity contribution in [3.8, 4) is 0 Å². The second kappa shape index (κ2) is 13.9. The van der Waals surface area contributed by atoms with Crippen LogP contribution in [0, 0.1) is 0 Å². The highest BCUT2D eigenvalue weighted by Gasteiger charge is 2.48. The fraction of sp³-hybridized carbons (Fsp3) is 0.733. The molecule has 0 radical (unpaired) electrons. The van der Waals surface area contributed by atoms with Gasteiger partial charge in [0.25, 0.3) is 0 Å². The summed E-state index contributed by atoms with van der Waals surface area (Å²) in [6, 6.07) is 9.19. The van der Waals surface area contributed by atoms with Gasteiger partial charge in [0.1, 0.15) is 0 Å². The molecule has 3 atom stereocenters. The number of hydrogen-bond acceptors (Lipinski definition) is 4. The highest BCUT2D eigenvalue weighted by atomic mass is 35.5. The number of nitrogens with zero attached hydrogens (tertiary/aromatic N) is 3. The molecule has 0 spiro atoms. The predicted molar refractivity (Wildman–Crippen MR) is 160 cm³/mol. The predicted octanol–water partition coefficient (Wildman–Crippen LogP) is 4.85. The van der Waals surface area contributed by atoms with E-state index in [1.165, 1.54) is 19.3 Å². The average molecular weight is 581 g/mol. The quantitative estimate of drug-likeness (QED) is 0.438. The zero-order valence-corrected chi connectivity index (χ0v) is 25.2. The van der Waals surface area contributed by atoms with Gasteiger partial charge >= 0.3 is 6.03 Å². The molecule has 39 heavy (non-hydrogen) atoms. The molecule has 3 saturated heterocycles. The molecule has 3 amide bonds. The molecule has 1 aliphatic carbocycles. The van der Waals surface area contributed by atoms with Gasteiger partial charge in [-0.3, -0.25) is 4.79 Å². The molecule has 9 heteroatoms. The Bertz CT molecular complexity index is 935. The normalized spacial score (nSPS) is 25.9. The lowest BCUT2D eigenvalue weighted by molar-refractivity contribution is -0.139. The Morgan fingerprint density at radius 2 is 1.59 bits per heavy atom. The van der Waals surface area contributed by atoms with E-state index in [1.807, 2.05) is 29.2 Å². The third-order valence-corrected chi connectivity index (χ3v) is 9.70. The Morgan fingerprint density at radius 1 is 0.974 bits per heavy atom. The summed E-state index contributed by atoms with van der Waals surface area (Å²) in [5.74, 6) is 0.233. The van der Waals surface area contributed by atoms with Crippen molar-refractivity contribution < 1.29 is 9.59 Å². The summed E-state index contributed by atoms with van der Waals surface area (Å²) in [7, 11) is 0. The van der Waals surface area contributed by atoms with Crippen LogP contribution in [0.15, 0.2) is 24.3 Å². The van der Waals surface area contributed by atoms with Crippen LogP contribution in [0.4, 0.5) is 4.79 Å². The van der Waals surface area contributed by atoms with Crippen LogP contribution in [0.25, 0.3) is 0 Å². The van der Waals surface area contributed by atoms with E-state index in [1.54, 1.807) is 0 Å². The van der Waals surface area contributed by atoms with Crippen molar-refractivity contribution in [3.63, 3.8) is 0 Å². The topological polar surface area (TPSA) is 67.9 Å². The Hall–Kier alpha value is -1.54. The summed E-state index contributed by atoms with van der Waals surface area (Å²) in [6.07, 6.45) is 10.5. The van der Waals surface area contributed by atoms with Gasteiger partial charge in [-0.1, -0.05) is 43.0 Å². The number of carbonyl (C=O) groups is 2. The van der Waals surface area contributed by atoms with Gasteiger partial charge in [-0.2, -0.15) is 0 Å². The number of rotatable bonds is 9. The first kappa shape index (κ1) is 30.4. The van der Waals surface area contributed by atoms with Gasteiger partial charge in [0.15, 0.2) is 0 Å². The van der Waals surface area contributed by atoms with E-state index < -0.39 is 0 Å². The molecule has 4 aliphatic rings. The fourth-order valence-electron chi connectivity index (χ4n) is 7.31. The van der Waals surface area contributed by atoms with E-state index in [9.17, 15) is 9.59 Å². The second-order valence-electron chi connectivity index (χ2n) is 11.8.